The van der Waals surface area contributed by atoms with Crippen molar-refractivity contribution >= 4 is 6.29 Å². The van der Waals surface area contributed by atoms with Gasteiger partial charge in [-0.2, -0.15) is 0 Å². The molecular weight excluding hydrogens is 460 g/mol. The Morgan fingerprint density at radius 3 is 2.57 bits per heavy atom. The zero-order valence-electron chi connectivity index (χ0n) is 20.0. The highest BCUT2D eigenvalue weighted by Gasteiger charge is 2.42. The summed E-state index contributed by atoms with van der Waals surface area (Å²) in [6, 6.07) is 0. The molecule has 2 fully saturated rings. The number of carbonyl (C=O) groups is 1. The maximum atomic E-state index is 11.1. The second kappa shape index (κ2) is 13.7. The lowest BCUT2D eigenvalue weighted by atomic mass is 9.90. The zero-order valence-corrected chi connectivity index (χ0v) is 20.0. The summed E-state index contributed by atoms with van der Waals surface area (Å²) >= 11 is 0. The Kier molecular flexibility index (Phi) is 10.7. The van der Waals surface area contributed by atoms with Crippen molar-refractivity contribution in [2.24, 2.45) is 11.8 Å². The highest BCUT2D eigenvalue weighted by atomic mass is 16.7. The fraction of sp³-hybridized carbons (Fsp3) is 0.720. The number of aldehydes is 1. The quantitative estimate of drug-likeness (QED) is 0.143. The summed E-state index contributed by atoms with van der Waals surface area (Å²) in [7, 11) is 0. The van der Waals surface area contributed by atoms with Crippen LogP contribution in [0.5, 0.6) is 0 Å². The highest BCUT2D eigenvalue weighted by molar-refractivity contribution is 5.50. The van der Waals surface area contributed by atoms with E-state index in [2.05, 4.69) is 12.2 Å². The molecule has 1 saturated carbocycles. The second-order valence-electron chi connectivity index (χ2n) is 9.26. The molecule has 1 saturated heterocycles. The van der Waals surface area contributed by atoms with Crippen LogP contribution < -0.4 is 0 Å². The van der Waals surface area contributed by atoms with E-state index in [0.717, 1.165) is 51.2 Å². The van der Waals surface area contributed by atoms with E-state index in [9.17, 15) is 30.3 Å². The summed E-state index contributed by atoms with van der Waals surface area (Å²) in [5.41, 5.74) is 0. The first kappa shape index (κ1) is 27.3. The third-order valence-corrected chi connectivity index (χ3v) is 6.73. The van der Waals surface area contributed by atoms with Crippen molar-refractivity contribution < 1.29 is 49.3 Å². The lowest BCUT2D eigenvalue weighted by Gasteiger charge is -2.28. The van der Waals surface area contributed by atoms with Gasteiger partial charge in [0.25, 0.3) is 6.29 Å². The van der Waals surface area contributed by atoms with E-state index >= 15 is 0 Å². The third kappa shape index (κ3) is 7.60. The van der Waals surface area contributed by atoms with Crippen LogP contribution in [0.1, 0.15) is 64.2 Å². The van der Waals surface area contributed by atoms with Crippen molar-refractivity contribution in [3.63, 3.8) is 0 Å². The van der Waals surface area contributed by atoms with Gasteiger partial charge >= 0.3 is 5.95 Å². The van der Waals surface area contributed by atoms with Gasteiger partial charge in [0, 0.05) is 31.3 Å². The number of hydrogen-bond acceptors (Lipinski definition) is 10. The first-order valence-corrected chi connectivity index (χ1v) is 12.5. The molecule has 1 aliphatic carbocycles. The summed E-state index contributed by atoms with van der Waals surface area (Å²) in [6.07, 6.45) is 10.8. The van der Waals surface area contributed by atoms with E-state index in [1.165, 1.54) is 0 Å². The topological polar surface area (TPSA) is 155 Å². The fourth-order valence-electron chi connectivity index (χ4n) is 4.78. The minimum absolute atomic E-state index is 0.0216. The predicted molar refractivity (Wildman–Crippen MR) is 124 cm³/mol. The summed E-state index contributed by atoms with van der Waals surface area (Å²) in [5.74, 6) is -3.55. The number of unbranched alkanes of at least 4 members (excludes halogenated alkanes) is 4. The van der Waals surface area contributed by atoms with E-state index in [1.54, 1.807) is 0 Å². The SMILES string of the molecule is O=CC[C@@H]1[C@@H](C=CCCCCCCOC2OC(O)=C(O)C(O)=C2O)[C@@H](OC2CCCCO2)C[C@@H]1O. The first-order chi connectivity index (χ1) is 16.9. The van der Waals surface area contributed by atoms with Crippen molar-refractivity contribution in [1.82, 2.24) is 0 Å². The van der Waals surface area contributed by atoms with Crippen molar-refractivity contribution in [3.05, 3.63) is 35.4 Å². The van der Waals surface area contributed by atoms with Crippen molar-refractivity contribution in [2.75, 3.05) is 13.2 Å². The molecule has 198 valence electrons. The standard InChI is InChI=1S/C25H38O10/c26-12-11-16-17(19(15-18(16)27)34-20-10-6-8-13-32-20)9-5-3-1-2-4-7-14-33-25-23(30)21(28)22(29)24(31)35-25/h5,9,12,16-20,25,27-31H,1-4,6-8,10-11,13-15H2/t16-,17-,18+,19+,20?,25?/m1/s1. The Morgan fingerprint density at radius 2 is 1.83 bits per heavy atom. The molecule has 0 bridgehead atoms. The maximum Gasteiger partial charge on any atom is 0.327 e. The van der Waals surface area contributed by atoms with E-state index in [0.29, 0.717) is 25.9 Å². The molecule has 0 spiro atoms. The van der Waals surface area contributed by atoms with E-state index in [4.69, 9.17) is 18.9 Å². The minimum atomic E-state index is -1.36. The molecule has 2 unspecified atom stereocenters. The van der Waals surface area contributed by atoms with Crippen LogP contribution in [0, 0.1) is 11.8 Å². The fourth-order valence-corrected chi connectivity index (χ4v) is 4.78. The van der Waals surface area contributed by atoms with Gasteiger partial charge in [0.05, 0.1) is 18.8 Å². The third-order valence-electron chi connectivity index (χ3n) is 6.73. The minimum Gasteiger partial charge on any atom is -0.503 e. The smallest absolute Gasteiger partial charge is 0.327 e. The molecular formula is C25H38O10. The van der Waals surface area contributed by atoms with Crippen LogP contribution >= 0.6 is 0 Å². The first-order valence-electron chi connectivity index (χ1n) is 12.5. The van der Waals surface area contributed by atoms with E-state index in [1.807, 2.05) is 0 Å². The molecule has 6 atom stereocenters. The number of carbonyl (C=O) groups excluding carboxylic acids is 1. The average molecular weight is 499 g/mol. The summed E-state index contributed by atoms with van der Waals surface area (Å²) in [6.45, 7) is 0.932. The van der Waals surface area contributed by atoms with E-state index in [-0.39, 0.29) is 30.8 Å². The molecule has 10 nitrogen and oxygen atoms in total. The Balaban J connectivity index is 1.35. The van der Waals surface area contributed by atoms with Crippen LogP contribution in [-0.2, 0) is 23.7 Å². The van der Waals surface area contributed by atoms with Gasteiger partial charge in [-0.3, -0.25) is 0 Å². The largest absolute Gasteiger partial charge is 0.503 e. The molecule has 0 aromatic carbocycles. The van der Waals surface area contributed by atoms with E-state index < -0.39 is 35.6 Å². The molecule has 3 rings (SSSR count). The van der Waals surface area contributed by atoms with Crippen molar-refractivity contribution in [2.45, 2.75) is 89.0 Å². The Morgan fingerprint density at radius 1 is 1.03 bits per heavy atom. The predicted octanol–water partition coefficient (Wildman–Crippen LogP) is 3.98. The molecule has 0 radical (unpaired) electrons. The number of allylic oxidation sites excluding steroid dienone is 1. The molecule has 5 N–H and O–H groups in total. The number of ether oxygens (including phenoxy) is 4. The van der Waals surface area contributed by atoms with Gasteiger partial charge < -0.3 is 49.3 Å². The van der Waals surface area contributed by atoms with Gasteiger partial charge in [-0.05, 0) is 38.5 Å². The van der Waals surface area contributed by atoms with Crippen LogP contribution in [0.4, 0.5) is 0 Å². The number of aliphatic hydroxyl groups is 5. The van der Waals surface area contributed by atoms with Gasteiger partial charge in [0.15, 0.2) is 6.29 Å². The summed E-state index contributed by atoms with van der Waals surface area (Å²) in [4.78, 5) is 11.1. The lowest BCUT2D eigenvalue weighted by Crippen LogP contribution is -2.30. The van der Waals surface area contributed by atoms with Crippen LogP contribution in [0.3, 0.4) is 0 Å². The molecule has 0 amide bonds. The number of aliphatic hydroxyl groups excluding tert-OH is 5. The van der Waals surface area contributed by atoms with Gasteiger partial charge in [0.2, 0.25) is 17.3 Å². The molecule has 2 heterocycles. The van der Waals surface area contributed by atoms with Crippen molar-refractivity contribution in [3.8, 4) is 0 Å². The lowest BCUT2D eigenvalue weighted by molar-refractivity contribution is -0.193. The Labute approximate surface area is 205 Å². The second-order valence-corrected chi connectivity index (χ2v) is 9.26. The monoisotopic (exact) mass is 498 g/mol. The molecule has 3 aliphatic rings. The van der Waals surface area contributed by atoms with Crippen LogP contribution in [0.25, 0.3) is 0 Å². The van der Waals surface area contributed by atoms with Gasteiger partial charge in [-0.15, -0.1) is 0 Å². The van der Waals surface area contributed by atoms with Crippen LogP contribution in [0.15, 0.2) is 35.4 Å². The van der Waals surface area contributed by atoms with Crippen LogP contribution in [0.2, 0.25) is 0 Å². The normalized spacial score (nSPS) is 31.8. The molecule has 0 aromatic rings. The molecule has 10 heteroatoms. The molecule has 0 aromatic heterocycles. The van der Waals surface area contributed by atoms with Gasteiger partial charge in [-0.25, -0.2) is 0 Å². The Bertz CT molecular complexity index is 770. The molecule has 2 aliphatic heterocycles. The average Bonchev–Trinajstić information content (AvgIpc) is 3.14. The van der Waals surface area contributed by atoms with Crippen LogP contribution in [-0.4, -0.2) is 69.8 Å². The Hall–Kier alpha value is -2.27. The number of hydrogen-bond donors (Lipinski definition) is 5. The van der Waals surface area contributed by atoms with Crippen molar-refractivity contribution in [1.29, 1.82) is 0 Å². The van der Waals surface area contributed by atoms with Gasteiger partial charge in [0.1, 0.15) is 6.29 Å². The van der Waals surface area contributed by atoms with Gasteiger partial charge in [-0.1, -0.05) is 25.0 Å². The number of rotatable bonds is 13. The maximum absolute atomic E-state index is 11.1. The summed E-state index contributed by atoms with van der Waals surface area (Å²) in [5, 5.41) is 48.3. The zero-order chi connectivity index (χ0) is 25.2. The summed E-state index contributed by atoms with van der Waals surface area (Å²) < 4.78 is 22.0. The molecule has 35 heavy (non-hydrogen) atoms. The highest BCUT2D eigenvalue weighted by Crippen LogP contribution is 2.38.